The predicted octanol–water partition coefficient (Wildman–Crippen LogP) is 3.01. The molecular weight excluding hydrogens is 363 g/mol. The Balaban J connectivity index is 2.15. The number of fused-ring (bicyclic) bond motifs is 1. The lowest BCUT2D eigenvalue weighted by Gasteiger charge is -2.24. The number of nitrogens with zero attached hydrogens (tertiary/aromatic N) is 2. The first kappa shape index (κ1) is 17.3. The number of aliphatic imine (C=N–C) groups is 1. The standard InChI is InChI=1S/C17H14Cl2N4O2/c1-8-4-10(11-6-15(19)22-7-13(11)18)12-5-9(2-3-14(12)25-8)16(24)23-17(20)21/h2-8H,1H3,(H4,20,21,23,24). The average molecular weight is 377 g/mol. The number of aromatic nitrogens is 1. The monoisotopic (exact) mass is 376 g/mol. The van der Waals surface area contributed by atoms with Crippen LogP contribution in [-0.2, 0) is 0 Å². The van der Waals surface area contributed by atoms with Crippen molar-refractivity contribution in [2.45, 2.75) is 13.0 Å². The third-order valence-electron chi connectivity index (χ3n) is 3.57. The molecule has 0 spiro atoms. The fourth-order valence-corrected chi connectivity index (χ4v) is 2.93. The fourth-order valence-electron chi connectivity index (χ4n) is 2.57. The molecule has 1 unspecified atom stereocenters. The first-order valence-electron chi connectivity index (χ1n) is 7.33. The predicted molar refractivity (Wildman–Crippen MR) is 98.0 cm³/mol. The quantitative estimate of drug-likeness (QED) is 0.476. The molecule has 2 heterocycles. The van der Waals surface area contributed by atoms with Crippen LogP contribution in [0.2, 0.25) is 10.2 Å². The number of carbonyl (C=O) groups excluding carboxylic acids is 1. The topological polar surface area (TPSA) is 104 Å². The molecule has 8 heteroatoms. The summed E-state index contributed by atoms with van der Waals surface area (Å²) in [5, 5.41) is 0.755. The number of benzene rings is 1. The van der Waals surface area contributed by atoms with Gasteiger partial charge in [-0.3, -0.25) is 4.79 Å². The zero-order valence-electron chi connectivity index (χ0n) is 13.2. The highest BCUT2D eigenvalue weighted by Crippen LogP contribution is 2.39. The summed E-state index contributed by atoms with van der Waals surface area (Å²) >= 11 is 12.3. The number of amides is 1. The summed E-state index contributed by atoms with van der Waals surface area (Å²) in [5.74, 6) is -0.220. The number of guanidine groups is 1. The van der Waals surface area contributed by atoms with Crippen molar-refractivity contribution in [3.8, 4) is 5.75 Å². The normalized spacial score (nSPS) is 15.6. The maximum Gasteiger partial charge on any atom is 0.280 e. The van der Waals surface area contributed by atoms with E-state index in [1.165, 1.54) is 6.20 Å². The van der Waals surface area contributed by atoms with E-state index in [2.05, 4.69) is 9.98 Å². The van der Waals surface area contributed by atoms with Crippen LogP contribution in [0.1, 0.15) is 28.4 Å². The van der Waals surface area contributed by atoms with Gasteiger partial charge in [-0.15, -0.1) is 0 Å². The zero-order chi connectivity index (χ0) is 18.1. The Labute approximate surface area is 154 Å². The molecule has 0 fully saturated rings. The number of nitrogens with two attached hydrogens (primary N) is 2. The molecule has 1 aliphatic rings. The molecule has 3 rings (SSSR count). The van der Waals surface area contributed by atoms with Gasteiger partial charge in [0.25, 0.3) is 5.91 Å². The minimum Gasteiger partial charge on any atom is -0.486 e. The molecular formula is C17H14Cl2N4O2. The summed E-state index contributed by atoms with van der Waals surface area (Å²) in [6.45, 7) is 1.90. The fraction of sp³-hybridized carbons (Fsp3) is 0.118. The van der Waals surface area contributed by atoms with Crippen LogP contribution in [0, 0.1) is 0 Å². The Morgan fingerprint density at radius 3 is 2.72 bits per heavy atom. The van der Waals surface area contributed by atoms with Gasteiger partial charge in [0.2, 0.25) is 0 Å². The Hall–Kier alpha value is -2.57. The van der Waals surface area contributed by atoms with Gasteiger partial charge in [0.15, 0.2) is 5.96 Å². The summed E-state index contributed by atoms with van der Waals surface area (Å²) in [7, 11) is 0. The molecule has 1 aromatic carbocycles. The molecule has 1 aromatic heterocycles. The largest absolute Gasteiger partial charge is 0.486 e. The van der Waals surface area contributed by atoms with Gasteiger partial charge >= 0.3 is 0 Å². The lowest BCUT2D eigenvalue weighted by atomic mass is 9.93. The van der Waals surface area contributed by atoms with E-state index in [-0.39, 0.29) is 12.1 Å². The second-order valence-corrected chi connectivity index (χ2v) is 6.24. The summed E-state index contributed by atoms with van der Waals surface area (Å²) in [6, 6.07) is 6.63. The van der Waals surface area contributed by atoms with Gasteiger partial charge in [0, 0.05) is 22.9 Å². The molecule has 25 heavy (non-hydrogen) atoms. The molecule has 4 N–H and O–H groups in total. The molecule has 0 saturated carbocycles. The molecule has 0 bridgehead atoms. The molecule has 0 radical (unpaired) electrons. The Morgan fingerprint density at radius 1 is 1.24 bits per heavy atom. The van der Waals surface area contributed by atoms with E-state index >= 15 is 0 Å². The maximum absolute atomic E-state index is 12.1. The van der Waals surface area contributed by atoms with Crippen molar-refractivity contribution in [2.75, 3.05) is 0 Å². The van der Waals surface area contributed by atoms with Gasteiger partial charge in [-0.1, -0.05) is 23.2 Å². The molecule has 1 aliphatic heterocycles. The van der Waals surface area contributed by atoms with Crippen LogP contribution in [0.15, 0.2) is 41.5 Å². The van der Waals surface area contributed by atoms with Crippen molar-refractivity contribution in [2.24, 2.45) is 16.5 Å². The molecule has 1 atom stereocenters. The van der Waals surface area contributed by atoms with Crippen LogP contribution in [0.25, 0.3) is 5.57 Å². The second kappa shape index (κ2) is 6.74. The minimum atomic E-state index is -0.542. The van der Waals surface area contributed by atoms with E-state index < -0.39 is 5.91 Å². The van der Waals surface area contributed by atoms with Crippen molar-refractivity contribution in [3.63, 3.8) is 0 Å². The van der Waals surface area contributed by atoms with Gasteiger partial charge < -0.3 is 16.2 Å². The average Bonchev–Trinajstić information content (AvgIpc) is 2.55. The highest BCUT2D eigenvalue weighted by atomic mass is 35.5. The summed E-state index contributed by atoms with van der Waals surface area (Å²) in [6.07, 6.45) is 3.20. The van der Waals surface area contributed by atoms with Crippen LogP contribution in [0.4, 0.5) is 0 Å². The first-order chi connectivity index (χ1) is 11.8. The maximum atomic E-state index is 12.1. The molecule has 0 aliphatic carbocycles. The molecule has 6 nitrogen and oxygen atoms in total. The van der Waals surface area contributed by atoms with E-state index in [9.17, 15) is 4.79 Å². The zero-order valence-corrected chi connectivity index (χ0v) is 14.7. The first-order valence-corrected chi connectivity index (χ1v) is 8.09. The lowest BCUT2D eigenvalue weighted by Crippen LogP contribution is -2.24. The van der Waals surface area contributed by atoms with Crippen LogP contribution in [0.5, 0.6) is 5.75 Å². The second-order valence-electron chi connectivity index (χ2n) is 5.44. The molecule has 128 valence electrons. The van der Waals surface area contributed by atoms with Crippen molar-refractivity contribution < 1.29 is 9.53 Å². The number of pyridine rings is 1. The van der Waals surface area contributed by atoms with Crippen LogP contribution < -0.4 is 16.2 Å². The van der Waals surface area contributed by atoms with Gasteiger partial charge in [-0.25, -0.2) is 4.98 Å². The Kier molecular flexibility index (Phi) is 4.65. The number of hydrogen-bond donors (Lipinski definition) is 2. The highest BCUT2D eigenvalue weighted by molar-refractivity contribution is 6.34. The lowest BCUT2D eigenvalue weighted by molar-refractivity contribution is 0.100. The van der Waals surface area contributed by atoms with Crippen molar-refractivity contribution in [1.82, 2.24) is 4.98 Å². The third kappa shape index (κ3) is 3.60. The number of rotatable bonds is 2. The van der Waals surface area contributed by atoms with Gasteiger partial charge in [-0.2, -0.15) is 4.99 Å². The Morgan fingerprint density at radius 2 is 2.00 bits per heavy atom. The number of halogens is 2. The SMILES string of the molecule is CC1C=C(c2cc(Cl)ncc2Cl)c2cc(C(=O)N=C(N)N)ccc2O1. The van der Waals surface area contributed by atoms with Crippen LogP contribution >= 0.6 is 23.2 Å². The molecule has 1 amide bonds. The summed E-state index contributed by atoms with van der Waals surface area (Å²) < 4.78 is 5.80. The van der Waals surface area contributed by atoms with E-state index in [0.29, 0.717) is 32.6 Å². The Bertz CT molecular complexity index is 921. The molecule has 0 saturated heterocycles. The number of ether oxygens (including phenoxy) is 1. The number of carbonyl (C=O) groups is 1. The van der Waals surface area contributed by atoms with E-state index in [1.807, 2.05) is 13.0 Å². The summed E-state index contributed by atoms with van der Waals surface area (Å²) in [4.78, 5) is 19.6. The smallest absolute Gasteiger partial charge is 0.280 e. The molecule has 2 aromatic rings. The van der Waals surface area contributed by atoms with Crippen molar-refractivity contribution in [1.29, 1.82) is 0 Å². The van der Waals surface area contributed by atoms with Crippen molar-refractivity contribution >= 4 is 40.6 Å². The van der Waals surface area contributed by atoms with Crippen LogP contribution in [0.3, 0.4) is 0 Å². The third-order valence-corrected chi connectivity index (χ3v) is 4.08. The van der Waals surface area contributed by atoms with Gasteiger partial charge in [0.05, 0.1) is 5.02 Å². The van der Waals surface area contributed by atoms with E-state index in [4.69, 9.17) is 39.4 Å². The van der Waals surface area contributed by atoms with E-state index in [0.717, 1.165) is 5.57 Å². The highest BCUT2D eigenvalue weighted by Gasteiger charge is 2.23. The summed E-state index contributed by atoms with van der Waals surface area (Å²) in [5.41, 5.74) is 13.1. The van der Waals surface area contributed by atoms with E-state index in [1.54, 1.807) is 24.3 Å². The number of hydrogen-bond acceptors (Lipinski definition) is 3. The van der Waals surface area contributed by atoms with Gasteiger partial charge in [-0.05, 0) is 42.8 Å². The minimum absolute atomic E-state index is 0.176. The van der Waals surface area contributed by atoms with Gasteiger partial charge in [0.1, 0.15) is 17.0 Å². The van der Waals surface area contributed by atoms with Crippen molar-refractivity contribution in [3.05, 3.63) is 63.4 Å². The van der Waals surface area contributed by atoms with Crippen LogP contribution in [-0.4, -0.2) is 23.0 Å².